The highest BCUT2D eigenvalue weighted by Crippen LogP contribution is 2.40. The number of likely N-dealkylation sites (tertiary alicyclic amines) is 1. The van der Waals surface area contributed by atoms with Crippen molar-refractivity contribution in [3.63, 3.8) is 0 Å². The molecule has 2 atom stereocenters. The Morgan fingerprint density at radius 3 is 2.21 bits per heavy atom. The highest BCUT2D eigenvalue weighted by molar-refractivity contribution is 6.42. The molecular formula is C27H29Cl2NO3. The van der Waals surface area contributed by atoms with Gasteiger partial charge < -0.3 is 4.90 Å². The molecule has 0 N–H and O–H groups in total. The monoisotopic (exact) mass is 485 g/mol. The predicted molar refractivity (Wildman–Crippen MR) is 131 cm³/mol. The number of halogens is 2. The van der Waals surface area contributed by atoms with E-state index >= 15 is 0 Å². The molecule has 1 aliphatic heterocycles. The van der Waals surface area contributed by atoms with Crippen LogP contribution in [0.4, 0.5) is 0 Å². The van der Waals surface area contributed by atoms with E-state index in [1.54, 1.807) is 18.2 Å². The number of Topliss-reactive ketones (excluding diaryl/α,β-unsaturated/α-hetero) is 2. The summed E-state index contributed by atoms with van der Waals surface area (Å²) in [4.78, 5) is 40.8. The van der Waals surface area contributed by atoms with Crippen LogP contribution in [0.1, 0.15) is 64.2 Å². The van der Waals surface area contributed by atoms with Gasteiger partial charge in [0.05, 0.1) is 10.0 Å². The summed E-state index contributed by atoms with van der Waals surface area (Å²) in [6.07, 6.45) is 2.72. The lowest BCUT2D eigenvalue weighted by Crippen LogP contribution is -2.39. The number of piperidine rings is 1. The molecule has 4 rings (SSSR count). The van der Waals surface area contributed by atoms with Crippen molar-refractivity contribution in [3.8, 4) is 0 Å². The first-order chi connectivity index (χ1) is 15.7. The van der Waals surface area contributed by atoms with Crippen LogP contribution in [0.15, 0.2) is 30.3 Å². The summed E-state index contributed by atoms with van der Waals surface area (Å²) in [6, 6.07) is 9.05. The maximum absolute atomic E-state index is 13.3. The number of hydrogen-bond donors (Lipinski definition) is 0. The van der Waals surface area contributed by atoms with Crippen LogP contribution >= 0.6 is 23.2 Å². The van der Waals surface area contributed by atoms with Gasteiger partial charge in [0.1, 0.15) is 11.7 Å². The third-order valence-corrected chi connectivity index (χ3v) is 7.91. The van der Waals surface area contributed by atoms with Gasteiger partial charge in [-0.2, -0.15) is 0 Å². The summed E-state index contributed by atoms with van der Waals surface area (Å²) in [5.41, 5.74) is 4.62. The molecule has 2 fully saturated rings. The van der Waals surface area contributed by atoms with Crippen LogP contribution in [-0.2, 0) is 9.59 Å². The Morgan fingerprint density at radius 2 is 1.61 bits per heavy atom. The molecule has 2 aliphatic rings. The number of aryl methyl sites for hydroxylation is 3. The van der Waals surface area contributed by atoms with E-state index in [9.17, 15) is 14.4 Å². The number of amides is 1. The molecule has 2 unspecified atom stereocenters. The number of carbonyl (C=O) groups is 3. The van der Waals surface area contributed by atoms with Crippen LogP contribution < -0.4 is 0 Å². The highest BCUT2D eigenvalue weighted by Gasteiger charge is 2.44. The van der Waals surface area contributed by atoms with Crippen LogP contribution in [0.5, 0.6) is 0 Å². The first kappa shape index (κ1) is 24.0. The molecule has 2 aromatic rings. The average molecular weight is 486 g/mol. The van der Waals surface area contributed by atoms with Crippen LogP contribution in [0.2, 0.25) is 10.0 Å². The fraction of sp³-hybridized carbons (Fsp3) is 0.444. The van der Waals surface area contributed by atoms with E-state index in [1.807, 2.05) is 25.7 Å². The maximum Gasteiger partial charge on any atom is 0.253 e. The second-order valence-corrected chi connectivity index (χ2v) is 10.4. The molecule has 174 valence electrons. The Bertz CT molecular complexity index is 1100. The van der Waals surface area contributed by atoms with Crippen LogP contribution in [-0.4, -0.2) is 35.5 Å². The molecule has 0 aromatic heterocycles. The van der Waals surface area contributed by atoms with Crippen LogP contribution in [0, 0.1) is 32.6 Å². The molecule has 0 spiro atoms. The van der Waals surface area contributed by atoms with Gasteiger partial charge in [-0.1, -0.05) is 40.9 Å². The number of benzene rings is 2. The fourth-order valence-electron chi connectivity index (χ4n) is 5.59. The van der Waals surface area contributed by atoms with E-state index in [2.05, 4.69) is 12.1 Å². The lowest BCUT2D eigenvalue weighted by molar-refractivity contribution is -0.125. The number of hydrogen-bond acceptors (Lipinski definition) is 3. The van der Waals surface area contributed by atoms with E-state index in [4.69, 9.17) is 23.2 Å². The Balaban J connectivity index is 1.38. The highest BCUT2D eigenvalue weighted by atomic mass is 35.5. The van der Waals surface area contributed by atoms with Crippen LogP contribution in [0.3, 0.4) is 0 Å². The van der Waals surface area contributed by atoms with E-state index in [0.29, 0.717) is 41.0 Å². The average Bonchev–Trinajstić information content (AvgIpc) is 3.03. The van der Waals surface area contributed by atoms with Crippen molar-refractivity contribution < 1.29 is 14.4 Å². The standard InChI is InChI=1S/C27H29Cl2NO3/c1-15-10-16(2)24(17(3)11-15)25-23(31)14-20(26(25)32)12-18-6-8-30(9-7-18)27(33)19-4-5-21(28)22(29)13-19/h4-5,10-11,13,18,20,25H,6-9,12,14H2,1-3H3. The van der Waals surface area contributed by atoms with E-state index < -0.39 is 5.92 Å². The molecule has 1 heterocycles. The number of nitrogens with zero attached hydrogens (tertiary/aromatic N) is 1. The minimum absolute atomic E-state index is 0.0484. The Morgan fingerprint density at radius 1 is 0.970 bits per heavy atom. The first-order valence-electron chi connectivity index (χ1n) is 11.5. The third-order valence-electron chi connectivity index (χ3n) is 7.17. The maximum atomic E-state index is 13.3. The van der Waals surface area contributed by atoms with Crippen molar-refractivity contribution in [1.29, 1.82) is 0 Å². The smallest absolute Gasteiger partial charge is 0.253 e. The molecule has 1 amide bonds. The van der Waals surface area contributed by atoms with E-state index in [1.165, 1.54) is 0 Å². The van der Waals surface area contributed by atoms with Crippen molar-refractivity contribution in [2.75, 3.05) is 13.1 Å². The van der Waals surface area contributed by atoms with Gasteiger partial charge in [-0.25, -0.2) is 0 Å². The number of ketones is 2. The zero-order valence-corrected chi connectivity index (χ0v) is 20.8. The third kappa shape index (κ3) is 4.88. The molecule has 1 saturated carbocycles. The van der Waals surface area contributed by atoms with Gasteiger partial charge >= 0.3 is 0 Å². The van der Waals surface area contributed by atoms with Crippen molar-refractivity contribution in [2.24, 2.45) is 11.8 Å². The lowest BCUT2D eigenvalue weighted by Gasteiger charge is -2.33. The lowest BCUT2D eigenvalue weighted by atomic mass is 9.83. The normalized spacial score (nSPS) is 21.7. The minimum Gasteiger partial charge on any atom is -0.339 e. The number of rotatable bonds is 4. The molecular weight excluding hydrogens is 457 g/mol. The topological polar surface area (TPSA) is 54.5 Å². The molecule has 1 aliphatic carbocycles. The zero-order valence-electron chi connectivity index (χ0n) is 19.3. The largest absolute Gasteiger partial charge is 0.339 e. The summed E-state index contributed by atoms with van der Waals surface area (Å²) in [5.74, 6) is -0.429. The quantitative estimate of drug-likeness (QED) is 0.491. The molecule has 4 nitrogen and oxygen atoms in total. The van der Waals surface area contributed by atoms with E-state index in [-0.39, 0.29) is 23.4 Å². The van der Waals surface area contributed by atoms with Crippen molar-refractivity contribution >= 4 is 40.7 Å². The Labute approximate surface area is 205 Å². The van der Waals surface area contributed by atoms with Crippen molar-refractivity contribution in [1.82, 2.24) is 4.90 Å². The number of carbonyl (C=O) groups excluding carboxylic acids is 3. The second-order valence-electron chi connectivity index (χ2n) is 9.62. The van der Waals surface area contributed by atoms with Gasteiger partial charge in [-0.3, -0.25) is 14.4 Å². The predicted octanol–water partition coefficient (Wildman–Crippen LogP) is 6.10. The van der Waals surface area contributed by atoms with E-state index in [0.717, 1.165) is 41.5 Å². The zero-order chi connectivity index (χ0) is 23.9. The summed E-state index contributed by atoms with van der Waals surface area (Å²) >= 11 is 12.0. The Kier molecular flexibility index (Phi) is 6.97. The van der Waals surface area contributed by atoms with Crippen LogP contribution in [0.25, 0.3) is 0 Å². The fourth-order valence-corrected chi connectivity index (χ4v) is 5.89. The van der Waals surface area contributed by atoms with Crippen molar-refractivity contribution in [3.05, 3.63) is 68.2 Å². The second kappa shape index (κ2) is 9.60. The molecule has 2 aromatic carbocycles. The van der Waals surface area contributed by atoms with Gasteiger partial charge in [0, 0.05) is 31.0 Å². The SMILES string of the molecule is Cc1cc(C)c(C2C(=O)CC(CC3CCN(C(=O)c4ccc(Cl)c(Cl)c4)CC3)C2=O)c(C)c1. The summed E-state index contributed by atoms with van der Waals surface area (Å²) in [5, 5.41) is 0.799. The summed E-state index contributed by atoms with van der Waals surface area (Å²) < 4.78 is 0. The van der Waals surface area contributed by atoms with Gasteiger partial charge in [-0.15, -0.1) is 0 Å². The molecule has 6 heteroatoms. The Hall–Kier alpha value is -2.17. The van der Waals surface area contributed by atoms with Gasteiger partial charge in [0.25, 0.3) is 5.91 Å². The first-order valence-corrected chi connectivity index (χ1v) is 12.3. The summed E-state index contributed by atoms with van der Waals surface area (Å²) in [7, 11) is 0. The van der Waals surface area contributed by atoms with Gasteiger partial charge in [-0.05, 0) is 80.8 Å². The summed E-state index contributed by atoms with van der Waals surface area (Å²) in [6.45, 7) is 7.29. The van der Waals surface area contributed by atoms with Gasteiger partial charge in [0.2, 0.25) is 0 Å². The van der Waals surface area contributed by atoms with Crippen molar-refractivity contribution in [2.45, 2.75) is 52.4 Å². The molecule has 0 bridgehead atoms. The van der Waals surface area contributed by atoms with Gasteiger partial charge in [0.15, 0.2) is 5.78 Å². The molecule has 1 saturated heterocycles. The molecule has 33 heavy (non-hydrogen) atoms. The minimum atomic E-state index is -0.619. The molecule has 0 radical (unpaired) electrons.